The molecule has 0 amide bonds. The smallest absolute Gasteiger partial charge is 0.00262 e. The van der Waals surface area contributed by atoms with Crippen LogP contribution >= 0.6 is 0 Å². The summed E-state index contributed by atoms with van der Waals surface area (Å²) in [5.74, 6) is 0. The molecule has 0 bridgehead atoms. The van der Waals surface area contributed by atoms with E-state index in [0.29, 0.717) is 0 Å². The van der Waals surface area contributed by atoms with Crippen molar-refractivity contribution in [1.29, 1.82) is 0 Å². The molecule has 0 nitrogen and oxygen atoms in total. The molecule has 7 rings (SSSR count). The minimum Gasteiger partial charge on any atom is -0.0836 e. The quantitative estimate of drug-likeness (QED) is 0.231. The van der Waals surface area contributed by atoms with Gasteiger partial charge in [-0.2, -0.15) is 0 Å². The molecule has 0 unspecified atom stereocenters. The SMILES string of the molecule is C1=Cc2cc(-c3cccc(-c4c5ccccc5c(-c5ccccc5)c5ccccc45)c3)ccc2CC1. The summed E-state index contributed by atoms with van der Waals surface area (Å²) >= 11 is 0. The van der Waals surface area contributed by atoms with Crippen LogP contribution in [-0.2, 0) is 6.42 Å². The number of aryl methyl sites for hydroxylation is 1. The minimum atomic E-state index is 1.14. The van der Waals surface area contributed by atoms with Crippen molar-refractivity contribution in [1.82, 2.24) is 0 Å². The zero-order valence-corrected chi connectivity index (χ0v) is 20.1. The standard InChI is InChI=1S/C36H26/c1-2-12-26(13-3-1)35-31-17-6-8-19-33(31)36(34-20-9-7-18-32(34)35)30-16-10-15-28(24-30)29-22-21-25-11-4-5-14-27(25)23-29/h1-3,5-10,12-24H,4,11H2. The van der Waals surface area contributed by atoms with Gasteiger partial charge < -0.3 is 0 Å². The van der Waals surface area contributed by atoms with Gasteiger partial charge in [0.1, 0.15) is 0 Å². The molecule has 0 saturated carbocycles. The summed E-state index contributed by atoms with van der Waals surface area (Å²) in [6.07, 6.45) is 6.84. The maximum atomic E-state index is 2.37. The average Bonchev–Trinajstić information content (AvgIpc) is 2.96. The zero-order chi connectivity index (χ0) is 23.9. The molecule has 0 heterocycles. The molecule has 170 valence electrons. The predicted octanol–water partition coefficient (Wildman–Crippen LogP) is 9.95. The Labute approximate surface area is 212 Å². The normalized spacial score (nSPS) is 12.7. The number of hydrogen-bond donors (Lipinski definition) is 0. The first-order valence-electron chi connectivity index (χ1n) is 12.8. The molecule has 0 aliphatic heterocycles. The van der Waals surface area contributed by atoms with Gasteiger partial charge in [0.05, 0.1) is 0 Å². The molecular weight excluding hydrogens is 432 g/mol. The van der Waals surface area contributed by atoms with Gasteiger partial charge in [0.2, 0.25) is 0 Å². The fourth-order valence-electron chi connectivity index (χ4n) is 5.82. The van der Waals surface area contributed by atoms with Gasteiger partial charge in [-0.25, -0.2) is 0 Å². The molecule has 0 N–H and O–H groups in total. The third-order valence-corrected chi connectivity index (χ3v) is 7.50. The van der Waals surface area contributed by atoms with Gasteiger partial charge in [-0.1, -0.05) is 121 Å². The van der Waals surface area contributed by atoms with E-state index in [1.807, 2.05) is 0 Å². The second kappa shape index (κ2) is 8.66. The first kappa shape index (κ1) is 20.9. The molecule has 1 aliphatic carbocycles. The molecule has 1 aliphatic rings. The molecule has 0 radical (unpaired) electrons. The van der Waals surface area contributed by atoms with Crippen molar-refractivity contribution in [3.63, 3.8) is 0 Å². The van der Waals surface area contributed by atoms with E-state index in [2.05, 4.69) is 133 Å². The van der Waals surface area contributed by atoms with E-state index in [0.717, 1.165) is 12.8 Å². The van der Waals surface area contributed by atoms with E-state index in [9.17, 15) is 0 Å². The first-order chi connectivity index (χ1) is 17.9. The predicted molar refractivity (Wildman–Crippen MR) is 155 cm³/mol. The summed E-state index contributed by atoms with van der Waals surface area (Å²) < 4.78 is 0. The van der Waals surface area contributed by atoms with E-state index in [-0.39, 0.29) is 0 Å². The van der Waals surface area contributed by atoms with Crippen molar-refractivity contribution >= 4 is 27.6 Å². The monoisotopic (exact) mass is 458 g/mol. The maximum Gasteiger partial charge on any atom is -0.00262 e. The third kappa shape index (κ3) is 3.46. The van der Waals surface area contributed by atoms with Crippen molar-refractivity contribution in [2.75, 3.05) is 0 Å². The van der Waals surface area contributed by atoms with Crippen molar-refractivity contribution < 1.29 is 0 Å². The fourth-order valence-corrected chi connectivity index (χ4v) is 5.82. The Kier molecular flexibility index (Phi) is 5.03. The maximum absolute atomic E-state index is 2.37. The van der Waals surface area contributed by atoms with Crippen LogP contribution in [0.3, 0.4) is 0 Å². The molecule has 0 atom stereocenters. The Morgan fingerprint density at radius 2 is 0.972 bits per heavy atom. The van der Waals surface area contributed by atoms with Crippen LogP contribution in [0.15, 0.2) is 127 Å². The number of hydrogen-bond acceptors (Lipinski definition) is 0. The molecule has 0 aromatic heterocycles. The summed E-state index contributed by atoms with van der Waals surface area (Å²) in [4.78, 5) is 0. The van der Waals surface area contributed by atoms with Crippen LogP contribution in [-0.4, -0.2) is 0 Å². The van der Waals surface area contributed by atoms with E-state index in [1.54, 1.807) is 0 Å². The summed E-state index contributed by atoms with van der Waals surface area (Å²) in [5, 5.41) is 5.17. The Hall–Kier alpha value is -4.42. The summed E-state index contributed by atoms with van der Waals surface area (Å²) in [7, 11) is 0. The van der Waals surface area contributed by atoms with Gasteiger partial charge in [0.15, 0.2) is 0 Å². The number of allylic oxidation sites excluding steroid dienone is 1. The zero-order valence-electron chi connectivity index (χ0n) is 20.1. The van der Waals surface area contributed by atoms with Crippen LogP contribution < -0.4 is 0 Å². The largest absolute Gasteiger partial charge is 0.0836 e. The molecule has 6 aromatic rings. The highest BCUT2D eigenvalue weighted by Gasteiger charge is 2.16. The lowest BCUT2D eigenvalue weighted by atomic mass is 9.85. The van der Waals surface area contributed by atoms with Gasteiger partial charge in [0.25, 0.3) is 0 Å². The molecule has 0 saturated heterocycles. The highest BCUT2D eigenvalue weighted by atomic mass is 14.2. The minimum absolute atomic E-state index is 1.14. The highest BCUT2D eigenvalue weighted by molar-refractivity contribution is 6.21. The third-order valence-electron chi connectivity index (χ3n) is 7.50. The Morgan fingerprint density at radius 3 is 1.67 bits per heavy atom. The fraction of sp³-hybridized carbons (Fsp3) is 0.0556. The molecule has 0 spiro atoms. The average molecular weight is 459 g/mol. The Balaban J connectivity index is 1.49. The Bertz CT molecular complexity index is 1710. The lowest BCUT2D eigenvalue weighted by Crippen LogP contribution is -1.94. The van der Waals surface area contributed by atoms with Crippen molar-refractivity contribution in [2.45, 2.75) is 12.8 Å². The second-order valence-corrected chi connectivity index (χ2v) is 9.64. The number of fused-ring (bicyclic) bond motifs is 3. The van der Waals surface area contributed by atoms with Crippen molar-refractivity contribution in [3.8, 4) is 33.4 Å². The van der Waals surface area contributed by atoms with Gasteiger partial charge in [-0.05, 0) is 91.0 Å². The van der Waals surface area contributed by atoms with Gasteiger partial charge in [0, 0.05) is 0 Å². The van der Waals surface area contributed by atoms with E-state index >= 15 is 0 Å². The molecule has 36 heavy (non-hydrogen) atoms. The number of rotatable bonds is 3. The molecular formula is C36H26. The molecule has 6 aromatic carbocycles. The van der Waals surface area contributed by atoms with Crippen LogP contribution in [0.4, 0.5) is 0 Å². The van der Waals surface area contributed by atoms with Crippen LogP contribution in [0, 0.1) is 0 Å². The first-order valence-corrected chi connectivity index (χ1v) is 12.8. The number of benzene rings is 6. The van der Waals surface area contributed by atoms with Crippen LogP contribution in [0.1, 0.15) is 17.5 Å². The summed E-state index contributed by atoms with van der Waals surface area (Å²) in [6, 6.07) is 44.5. The highest BCUT2D eigenvalue weighted by Crippen LogP contribution is 2.44. The van der Waals surface area contributed by atoms with E-state index < -0.39 is 0 Å². The topological polar surface area (TPSA) is 0 Å². The van der Waals surface area contributed by atoms with Gasteiger partial charge in [-0.15, -0.1) is 0 Å². The lowest BCUT2D eigenvalue weighted by molar-refractivity contribution is 0.986. The van der Waals surface area contributed by atoms with Crippen LogP contribution in [0.5, 0.6) is 0 Å². The van der Waals surface area contributed by atoms with Crippen LogP contribution in [0.2, 0.25) is 0 Å². The van der Waals surface area contributed by atoms with Crippen molar-refractivity contribution in [2.24, 2.45) is 0 Å². The Morgan fingerprint density at radius 1 is 0.417 bits per heavy atom. The van der Waals surface area contributed by atoms with E-state index in [4.69, 9.17) is 0 Å². The van der Waals surface area contributed by atoms with Crippen molar-refractivity contribution in [3.05, 3.63) is 139 Å². The van der Waals surface area contributed by atoms with Gasteiger partial charge >= 0.3 is 0 Å². The van der Waals surface area contributed by atoms with Gasteiger partial charge in [-0.3, -0.25) is 0 Å². The summed E-state index contributed by atoms with van der Waals surface area (Å²) in [5.41, 5.74) is 10.5. The lowest BCUT2D eigenvalue weighted by Gasteiger charge is -2.18. The van der Waals surface area contributed by atoms with Crippen LogP contribution in [0.25, 0.3) is 61.0 Å². The molecule has 0 fully saturated rings. The summed E-state index contributed by atoms with van der Waals surface area (Å²) in [6.45, 7) is 0. The second-order valence-electron chi connectivity index (χ2n) is 9.64. The van der Waals surface area contributed by atoms with E-state index in [1.165, 1.54) is 66.1 Å². The molecule has 0 heteroatoms.